The lowest BCUT2D eigenvalue weighted by atomic mass is 9.90. The molecular formula is C12H24. The van der Waals surface area contributed by atoms with Crippen molar-refractivity contribution in [2.45, 2.75) is 47.5 Å². The molecule has 0 N–H and O–H groups in total. The van der Waals surface area contributed by atoms with Gasteiger partial charge < -0.3 is 0 Å². The molecule has 0 nitrogen and oxygen atoms in total. The van der Waals surface area contributed by atoms with E-state index in [4.69, 9.17) is 0 Å². The van der Waals surface area contributed by atoms with E-state index in [9.17, 15) is 0 Å². The Morgan fingerprint density at radius 2 is 1.67 bits per heavy atom. The fraction of sp³-hybridized carbons (Fsp3) is 1.00. The first-order valence-corrected chi connectivity index (χ1v) is 5.52. The van der Waals surface area contributed by atoms with Gasteiger partial charge in [-0.3, -0.25) is 0 Å². The first kappa shape index (κ1) is 10.1. The van der Waals surface area contributed by atoms with Crippen LogP contribution >= 0.6 is 0 Å². The van der Waals surface area contributed by atoms with Gasteiger partial charge in [-0.25, -0.2) is 0 Å². The molecule has 0 amide bonds. The fourth-order valence-electron chi connectivity index (χ4n) is 2.29. The minimum atomic E-state index is 0.882. The second-order valence-electron chi connectivity index (χ2n) is 5.39. The Morgan fingerprint density at radius 3 is 2.08 bits per heavy atom. The zero-order valence-corrected chi connectivity index (χ0v) is 9.30. The van der Waals surface area contributed by atoms with E-state index in [0.717, 1.165) is 29.6 Å². The van der Waals surface area contributed by atoms with E-state index in [-0.39, 0.29) is 0 Å². The number of hydrogen-bond donors (Lipinski definition) is 0. The van der Waals surface area contributed by atoms with Gasteiger partial charge in [0.1, 0.15) is 0 Å². The third kappa shape index (κ3) is 2.50. The highest BCUT2D eigenvalue weighted by atomic mass is 14.5. The normalized spacial score (nSPS) is 31.2. The standard InChI is InChI=1S/C12H24/c1-8(2)6-11-7-12(11)10(5)9(3)4/h8-12H,6-7H2,1-5H3. The van der Waals surface area contributed by atoms with Crippen molar-refractivity contribution < 1.29 is 0 Å². The molecule has 3 unspecified atom stereocenters. The van der Waals surface area contributed by atoms with Crippen molar-refractivity contribution in [3.05, 3.63) is 0 Å². The smallest absolute Gasteiger partial charge is 0.0355 e. The van der Waals surface area contributed by atoms with Crippen LogP contribution in [0.4, 0.5) is 0 Å². The van der Waals surface area contributed by atoms with E-state index in [1.807, 2.05) is 0 Å². The molecular weight excluding hydrogens is 144 g/mol. The Labute approximate surface area is 77.7 Å². The van der Waals surface area contributed by atoms with Crippen molar-refractivity contribution in [1.82, 2.24) is 0 Å². The minimum absolute atomic E-state index is 0.882. The Kier molecular flexibility index (Phi) is 3.20. The molecule has 1 saturated carbocycles. The summed E-state index contributed by atoms with van der Waals surface area (Å²) < 4.78 is 0. The zero-order valence-electron chi connectivity index (χ0n) is 9.30. The Hall–Kier alpha value is 0. The number of hydrogen-bond acceptors (Lipinski definition) is 0. The van der Waals surface area contributed by atoms with Crippen molar-refractivity contribution in [3.63, 3.8) is 0 Å². The molecule has 0 heterocycles. The van der Waals surface area contributed by atoms with E-state index in [1.54, 1.807) is 0 Å². The Balaban J connectivity index is 2.23. The van der Waals surface area contributed by atoms with Gasteiger partial charge in [-0.15, -0.1) is 0 Å². The van der Waals surface area contributed by atoms with Gasteiger partial charge >= 0.3 is 0 Å². The average molecular weight is 168 g/mol. The lowest BCUT2D eigenvalue weighted by Crippen LogP contribution is -2.08. The van der Waals surface area contributed by atoms with Gasteiger partial charge in [-0.2, -0.15) is 0 Å². The van der Waals surface area contributed by atoms with E-state index < -0.39 is 0 Å². The topological polar surface area (TPSA) is 0 Å². The van der Waals surface area contributed by atoms with Crippen LogP contribution in [0.25, 0.3) is 0 Å². The molecule has 0 radical (unpaired) electrons. The van der Waals surface area contributed by atoms with E-state index in [0.29, 0.717) is 0 Å². The molecule has 1 rings (SSSR count). The van der Waals surface area contributed by atoms with Crippen LogP contribution in [0.1, 0.15) is 47.5 Å². The summed E-state index contributed by atoms with van der Waals surface area (Å²) in [5, 5.41) is 0. The van der Waals surface area contributed by atoms with Crippen LogP contribution in [-0.2, 0) is 0 Å². The van der Waals surface area contributed by atoms with Crippen LogP contribution in [0.3, 0.4) is 0 Å². The highest BCUT2D eigenvalue weighted by Crippen LogP contribution is 2.49. The summed E-state index contributed by atoms with van der Waals surface area (Å²) in [6.45, 7) is 11.8. The lowest BCUT2D eigenvalue weighted by Gasteiger charge is -2.15. The minimum Gasteiger partial charge on any atom is -0.0628 e. The quantitative estimate of drug-likeness (QED) is 0.596. The fourth-order valence-corrected chi connectivity index (χ4v) is 2.29. The molecule has 0 heteroatoms. The maximum atomic E-state index is 2.43. The highest BCUT2D eigenvalue weighted by molar-refractivity contribution is 4.90. The van der Waals surface area contributed by atoms with Gasteiger partial charge in [0, 0.05) is 0 Å². The van der Waals surface area contributed by atoms with Crippen molar-refractivity contribution in [2.24, 2.45) is 29.6 Å². The molecule has 72 valence electrons. The first-order chi connectivity index (χ1) is 5.52. The van der Waals surface area contributed by atoms with Gasteiger partial charge in [-0.1, -0.05) is 34.6 Å². The van der Waals surface area contributed by atoms with Crippen molar-refractivity contribution in [2.75, 3.05) is 0 Å². The van der Waals surface area contributed by atoms with E-state index in [2.05, 4.69) is 34.6 Å². The summed E-state index contributed by atoms with van der Waals surface area (Å²) >= 11 is 0. The molecule has 0 aliphatic heterocycles. The monoisotopic (exact) mass is 168 g/mol. The van der Waals surface area contributed by atoms with Crippen LogP contribution in [0, 0.1) is 29.6 Å². The molecule has 1 fully saturated rings. The Bertz CT molecular complexity index is 135. The summed E-state index contributed by atoms with van der Waals surface area (Å²) in [6.07, 6.45) is 2.97. The van der Waals surface area contributed by atoms with E-state index >= 15 is 0 Å². The van der Waals surface area contributed by atoms with Crippen LogP contribution in [0.5, 0.6) is 0 Å². The SMILES string of the molecule is CC(C)CC1CC1C(C)C(C)C. The first-order valence-electron chi connectivity index (χ1n) is 5.52. The van der Waals surface area contributed by atoms with Crippen LogP contribution in [0.15, 0.2) is 0 Å². The largest absolute Gasteiger partial charge is 0.0628 e. The molecule has 12 heavy (non-hydrogen) atoms. The van der Waals surface area contributed by atoms with Gasteiger partial charge in [0.2, 0.25) is 0 Å². The molecule has 0 spiro atoms. The molecule has 0 aromatic heterocycles. The third-order valence-corrected chi connectivity index (χ3v) is 3.48. The van der Waals surface area contributed by atoms with Gasteiger partial charge in [0.05, 0.1) is 0 Å². The van der Waals surface area contributed by atoms with Gasteiger partial charge in [0.15, 0.2) is 0 Å². The summed E-state index contributed by atoms with van der Waals surface area (Å²) in [7, 11) is 0. The molecule has 0 bridgehead atoms. The second-order valence-corrected chi connectivity index (χ2v) is 5.39. The maximum Gasteiger partial charge on any atom is -0.0355 e. The van der Waals surface area contributed by atoms with Crippen molar-refractivity contribution >= 4 is 0 Å². The predicted octanol–water partition coefficient (Wildman–Crippen LogP) is 3.96. The van der Waals surface area contributed by atoms with Crippen LogP contribution < -0.4 is 0 Å². The van der Waals surface area contributed by atoms with Gasteiger partial charge in [0.25, 0.3) is 0 Å². The summed E-state index contributed by atoms with van der Waals surface area (Å²) in [6, 6.07) is 0. The summed E-state index contributed by atoms with van der Waals surface area (Å²) in [5.74, 6) is 4.87. The Morgan fingerprint density at radius 1 is 1.08 bits per heavy atom. The third-order valence-electron chi connectivity index (χ3n) is 3.48. The molecule has 0 aromatic carbocycles. The summed E-state index contributed by atoms with van der Waals surface area (Å²) in [5.41, 5.74) is 0. The van der Waals surface area contributed by atoms with Crippen LogP contribution in [0.2, 0.25) is 0 Å². The average Bonchev–Trinajstić information content (AvgIpc) is 2.64. The molecule has 1 aliphatic rings. The van der Waals surface area contributed by atoms with Gasteiger partial charge in [-0.05, 0) is 42.4 Å². The maximum absolute atomic E-state index is 2.43. The lowest BCUT2D eigenvalue weighted by molar-refractivity contribution is 0.342. The highest BCUT2D eigenvalue weighted by Gasteiger charge is 2.41. The molecule has 0 saturated heterocycles. The molecule has 0 aromatic rings. The number of rotatable bonds is 4. The predicted molar refractivity (Wildman–Crippen MR) is 55.1 cm³/mol. The molecule has 3 atom stereocenters. The van der Waals surface area contributed by atoms with E-state index in [1.165, 1.54) is 12.8 Å². The van der Waals surface area contributed by atoms with Crippen LogP contribution in [-0.4, -0.2) is 0 Å². The summed E-state index contributed by atoms with van der Waals surface area (Å²) in [4.78, 5) is 0. The zero-order chi connectivity index (χ0) is 9.30. The second kappa shape index (κ2) is 3.81. The van der Waals surface area contributed by atoms with Crippen molar-refractivity contribution in [3.8, 4) is 0 Å². The molecule has 1 aliphatic carbocycles. The van der Waals surface area contributed by atoms with Crippen molar-refractivity contribution in [1.29, 1.82) is 0 Å².